The molecule has 0 radical (unpaired) electrons. The van der Waals surface area contributed by atoms with Gasteiger partial charge in [-0.05, 0) is 38.0 Å². The molecule has 0 aliphatic carbocycles. The summed E-state index contributed by atoms with van der Waals surface area (Å²) in [5, 5.41) is 0. The highest BCUT2D eigenvalue weighted by Gasteiger charge is 2.17. The summed E-state index contributed by atoms with van der Waals surface area (Å²) in [6, 6.07) is 5.12. The van der Waals surface area contributed by atoms with E-state index in [-0.39, 0.29) is 17.5 Å². The predicted molar refractivity (Wildman–Crippen MR) is 75.3 cm³/mol. The minimum Gasteiger partial charge on any atom is -0.377 e. The fraction of sp³-hybridized carbons (Fsp3) is 0.538. The maximum Gasteiger partial charge on any atom is 0.240 e. The third-order valence-corrected chi connectivity index (χ3v) is 4.36. The number of sulfonamides is 1. The largest absolute Gasteiger partial charge is 0.377 e. The number of ether oxygens (including phenoxy) is 1. The van der Waals surface area contributed by atoms with Crippen LogP contribution in [0.2, 0.25) is 0 Å². The first kappa shape index (κ1) is 16.1. The van der Waals surface area contributed by atoms with Crippen molar-refractivity contribution in [3.63, 3.8) is 0 Å². The highest BCUT2D eigenvalue weighted by molar-refractivity contribution is 7.89. The molecule has 0 saturated heterocycles. The second-order valence-corrected chi connectivity index (χ2v) is 6.30. The molecule has 108 valence electrons. The van der Waals surface area contributed by atoms with Gasteiger partial charge in [-0.15, -0.1) is 0 Å². The van der Waals surface area contributed by atoms with Gasteiger partial charge in [-0.1, -0.05) is 12.1 Å². The Kier molecular flexibility index (Phi) is 5.93. The van der Waals surface area contributed by atoms with Gasteiger partial charge in [-0.2, -0.15) is 0 Å². The second kappa shape index (κ2) is 7.00. The van der Waals surface area contributed by atoms with Gasteiger partial charge in [-0.25, -0.2) is 13.1 Å². The molecule has 0 spiro atoms. The van der Waals surface area contributed by atoms with Crippen LogP contribution in [-0.2, 0) is 21.3 Å². The zero-order valence-electron chi connectivity index (χ0n) is 11.6. The number of benzene rings is 1. The van der Waals surface area contributed by atoms with Crippen molar-refractivity contribution >= 4 is 10.0 Å². The van der Waals surface area contributed by atoms with Crippen molar-refractivity contribution in [1.29, 1.82) is 0 Å². The first-order valence-electron chi connectivity index (χ1n) is 6.28. The van der Waals surface area contributed by atoms with E-state index in [9.17, 15) is 8.42 Å². The summed E-state index contributed by atoms with van der Waals surface area (Å²) in [4.78, 5) is 0.278. The molecule has 0 fully saturated rings. The summed E-state index contributed by atoms with van der Waals surface area (Å²) in [5.74, 6) is 0. The van der Waals surface area contributed by atoms with Crippen LogP contribution < -0.4 is 10.5 Å². The molecule has 6 heteroatoms. The summed E-state index contributed by atoms with van der Waals surface area (Å²) in [6.45, 7) is 6.51. The first-order valence-corrected chi connectivity index (χ1v) is 7.76. The van der Waals surface area contributed by atoms with Gasteiger partial charge in [0.1, 0.15) is 0 Å². The van der Waals surface area contributed by atoms with Crippen LogP contribution in [0.1, 0.15) is 25.0 Å². The van der Waals surface area contributed by atoms with E-state index >= 15 is 0 Å². The lowest BCUT2D eigenvalue weighted by atomic mass is 10.1. The monoisotopic (exact) mass is 286 g/mol. The Bertz CT molecular complexity index is 513. The third kappa shape index (κ3) is 4.58. The molecule has 0 bridgehead atoms. The molecular weight excluding hydrogens is 264 g/mol. The molecule has 19 heavy (non-hydrogen) atoms. The van der Waals surface area contributed by atoms with Gasteiger partial charge in [0, 0.05) is 13.1 Å². The van der Waals surface area contributed by atoms with Gasteiger partial charge in [0.15, 0.2) is 0 Å². The molecular formula is C13H22N2O3S. The average molecular weight is 286 g/mol. The molecule has 1 aromatic carbocycles. The van der Waals surface area contributed by atoms with Crippen LogP contribution in [0.15, 0.2) is 23.1 Å². The van der Waals surface area contributed by atoms with E-state index in [4.69, 9.17) is 10.5 Å². The molecule has 0 amide bonds. The molecule has 0 atom stereocenters. The van der Waals surface area contributed by atoms with Crippen LogP contribution in [0, 0.1) is 6.92 Å². The predicted octanol–water partition coefficient (Wildman–Crippen LogP) is 1.16. The quantitative estimate of drug-likeness (QED) is 0.737. The minimum absolute atomic E-state index is 0.0896. The Morgan fingerprint density at radius 3 is 2.63 bits per heavy atom. The van der Waals surface area contributed by atoms with Crippen molar-refractivity contribution in [2.24, 2.45) is 5.73 Å². The van der Waals surface area contributed by atoms with Crippen molar-refractivity contribution in [1.82, 2.24) is 4.72 Å². The molecule has 0 heterocycles. The van der Waals surface area contributed by atoms with Gasteiger partial charge in [-0.3, -0.25) is 0 Å². The smallest absolute Gasteiger partial charge is 0.240 e. The summed E-state index contributed by atoms with van der Waals surface area (Å²) < 4.78 is 32.1. The molecule has 1 aromatic rings. The summed E-state index contributed by atoms with van der Waals surface area (Å²) in [7, 11) is -3.51. The maximum absolute atomic E-state index is 12.2. The summed E-state index contributed by atoms with van der Waals surface area (Å²) in [6.07, 6.45) is 0.0896. The van der Waals surface area contributed by atoms with Gasteiger partial charge in [0.05, 0.1) is 17.6 Å². The molecule has 0 saturated carbocycles. The van der Waals surface area contributed by atoms with Crippen LogP contribution in [0.5, 0.6) is 0 Å². The Balaban J connectivity index is 2.78. The van der Waals surface area contributed by atoms with Crippen LogP contribution in [-0.4, -0.2) is 27.7 Å². The first-order chi connectivity index (χ1) is 8.88. The SMILES string of the molecule is Cc1c(CN)cccc1S(=O)(=O)NCCOC(C)C. The highest BCUT2D eigenvalue weighted by atomic mass is 32.2. The van der Waals surface area contributed by atoms with E-state index in [1.807, 2.05) is 19.9 Å². The lowest BCUT2D eigenvalue weighted by molar-refractivity contribution is 0.0834. The number of nitrogens with two attached hydrogens (primary N) is 1. The van der Waals surface area contributed by atoms with Gasteiger partial charge < -0.3 is 10.5 Å². The fourth-order valence-corrected chi connectivity index (χ4v) is 3.02. The maximum atomic E-state index is 12.2. The Hall–Kier alpha value is -0.950. The number of rotatable bonds is 7. The van der Waals surface area contributed by atoms with E-state index in [1.165, 1.54) is 0 Å². The van der Waals surface area contributed by atoms with Crippen LogP contribution in [0.25, 0.3) is 0 Å². The average Bonchev–Trinajstić information content (AvgIpc) is 2.34. The normalized spacial score (nSPS) is 12.1. The number of nitrogens with one attached hydrogen (secondary N) is 1. The number of hydrogen-bond donors (Lipinski definition) is 2. The van der Waals surface area contributed by atoms with Crippen LogP contribution >= 0.6 is 0 Å². The van der Waals surface area contributed by atoms with E-state index in [2.05, 4.69) is 4.72 Å². The molecule has 0 unspecified atom stereocenters. The van der Waals surface area contributed by atoms with Crippen LogP contribution in [0.4, 0.5) is 0 Å². The molecule has 5 nitrogen and oxygen atoms in total. The topological polar surface area (TPSA) is 81.4 Å². The summed E-state index contributed by atoms with van der Waals surface area (Å²) >= 11 is 0. The zero-order chi connectivity index (χ0) is 14.5. The Morgan fingerprint density at radius 2 is 2.05 bits per heavy atom. The van der Waals surface area contributed by atoms with Crippen molar-refractivity contribution in [3.05, 3.63) is 29.3 Å². The van der Waals surface area contributed by atoms with Crippen molar-refractivity contribution in [3.8, 4) is 0 Å². The van der Waals surface area contributed by atoms with Crippen molar-refractivity contribution in [2.75, 3.05) is 13.2 Å². The molecule has 3 N–H and O–H groups in total. The van der Waals surface area contributed by atoms with Crippen molar-refractivity contribution < 1.29 is 13.2 Å². The minimum atomic E-state index is -3.51. The van der Waals surface area contributed by atoms with E-state index in [0.717, 1.165) is 5.56 Å². The van der Waals surface area contributed by atoms with E-state index < -0.39 is 10.0 Å². The molecule has 0 aliphatic heterocycles. The van der Waals surface area contributed by atoms with Gasteiger partial charge in [0.2, 0.25) is 10.0 Å². The van der Waals surface area contributed by atoms with E-state index in [0.29, 0.717) is 18.7 Å². The summed E-state index contributed by atoms with van der Waals surface area (Å²) in [5.41, 5.74) is 7.11. The number of hydrogen-bond acceptors (Lipinski definition) is 4. The highest BCUT2D eigenvalue weighted by Crippen LogP contribution is 2.18. The molecule has 1 rings (SSSR count). The lowest BCUT2D eigenvalue weighted by Crippen LogP contribution is -2.29. The Labute approximate surface area is 115 Å². The molecule has 0 aliphatic rings. The van der Waals surface area contributed by atoms with Crippen molar-refractivity contribution in [2.45, 2.75) is 38.3 Å². The molecule has 0 aromatic heterocycles. The second-order valence-electron chi connectivity index (χ2n) is 4.56. The lowest BCUT2D eigenvalue weighted by Gasteiger charge is -2.12. The third-order valence-electron chi connectivity index (χ3n) is 2.75. The van der Waals surface area contributed by atoms with E-state index in [1.54, 1.807) is 19.1 Å². The van der Waals surface area contributed by atoms with Gasteiger partial charge in [0.25, 0.3) is 0 Å². The van der Waals surface area contributed by atoms with Gasteiger partial charge >= 0.3 is 0 Å². The fourth-order valence-electron chi connectivity index (χ4n) is 1.72. The zero-order valence-corrected chi connectivity index (χ0v) is 12.5. The van der Waals surface area contributed by atoms with Crippen LogP contribution in [0.3, 0.4) is 0 Å². The standard InChI is InChI=1S/C13H22N2O3S/c1-10(2)18-8-7-15-19(16,17)13-6-4-5-12(9-14)11(13)3/h4-6,10,15H,7-9,14H2,1-3H3. The Morgan fingerprint density at radius 1 is 1.37 bits per heavy atom.